The van der Waals surface area contributed by atoms with Crippen molar-refractivity contribution >= 4 is 85.2 Å². The lowest BCUT2D eigenvalue weighted by Gasteiger charge is -2.14. The van der Waals surface area contributed by atoms with E-state index in [0.717, 1.165) is 78.2 Å². The van der Waals surface area contributed by atoms with Crippen LogP contribution in [0.4, 0.5) is 17.1 Å². The first-order valence-electron chi connectivity index (χ1n) is 23.0. The molecule has 7 aromatic rings. The van der Waals surface area contributed by atoms with Crippen LogP contribution in [0.15, 0.2) is 146 Å². The smallest absolute Gasteiger partial charge is 0.414 e. The lowest BCUT2D eigenvalue weighted by molar-refractivity contribution is -0.159. The molecule has 12 N–H and O–H groups in total. The second kappa shape index (κ2) is 30.8. The molecular formula is C54H60N6O12. The molecule has 0 aliphatic rings. The minimum Gasteiger partial charge on any atom is -0.473 e. The molecular weight excluding hydrogens is 925 g/mol. The van der Waals surface area contributed by atoms with Crippen molar-refractivity contribution in [3.05, 3.63) is 162 Å². The number of fused-ring (bicyclic) bond motifs is 3. The summed E-state index contributed by atoms with van der Waals surface area (Å²) < 4.78 is 0. The van der Waals surface area contributed by atoms with E-state index < -0.39 is 35.8 Å². The molecule has 0 aromatic heterocycles. The van der Waals surface area contributed by atoms with E-state index in [4.69, 9.17) is 59.4 Å². The molecule has 72 heavy (non-hydrogen) atoms. The van der Waals surface area contributed by atoms with Crippen molar-refractivity contribution in [2.75, 3.05) is 55.2 Å². The Morgan fingerprint density at radius 1 is 0.306 bits per heavy atom. The highest BCUT2D eigenvalue weighted by atomic mass is 16.5. The number of benzene rings is 7. The fourth-order valence-electron chi connectivity index (χ4n) is 7.29. The van der Waals surface area contributed by atoms with E-state index in [2.05, 4.69) is 177 Å². The van der Waals surface area contributed by atoms with E-state index >= 15 is 0 Å². The molecule has 0 aliphatic carbocycles. The maximum Gasteiger partial charge on any atom is 0.414 e. The number of nitrogens with one attached hydrogen (secondary N) is 6. The van der Waals surface area contributed by atoms with E-state index in [1.54, 1.807) is 0 Å². The predicted octanol–water partition coefficient (Wildman–Crippen LogP) is 7.39. The second-order valence-corrected chi connectivity index (χ2v) is 15.9. The lowest BCUT2D eigenvalue weighted by atomic mass is 10.0. The first-order chi connectivity index (χ1) is 34.7. The van der Waals surface area contributed by atoms with Crippen LogP contribution in [-0.2, 0) is 48.4 Å². The maximum absolute atomic E-state index is 9.10. The number of carboxylic acid groups (broad SMARTS) is 6. The summed E-state index contributed by atoms with van der Waals surface area (Å²) in [4.78, 5) is 54.6. The average molecular weight is 985 g/mol. The van der Waals surface area contributed by atoms with Gasteiger partial charge in [-0.05, 0) is 89.9 Å². The number of rotatable bonds is 21. The number of carboxylic acids is 6. The summed E-state index contributed by atoms with van der Waals surface area (Å²) in [6.07, 6.45) is 3.16. The first-order valence-corrected chi connectivity index (χ1v) is 23.0. The molecule has 7 rings (SSSR count). The van der Waals surface area contributed by atoms with Crippen LogP contribution < -0.4 is 31.9 Å². The van der Waals surface area contributed by atoms with Gasteiger partial charge in [0.2, 0.25) is 0 Å². The van der Waals surface area contributed by atoms with Crippen LogP contribution in [0.3, 0.4) is 0 Å². The molecule has 378 valence electrons. The van der Waals surface area contributed by atoms with Gasteiger partial charge in [-0.15, -0.1) is 0 Å². The minimum atomic E-state index is -1.82. The van der Waals surface area contributed by atoms with E-state index in [1.165, 1.54) is 66.1 Å². The van der Waals surface area contributed by atoms with E-state index in [1.807, 2.05) is 0 Å². The molecule has 0 amide bonds. The standard InChI is InChI=1S/C48H54N6.3C2H2O4/c1-4-19-43-40(13-1)16-7-22-46(43)52-28-10-25-49-34-37-31-38(35-50-26-11-29-53-47-23-8-17-41-14-2-5-20-44(41)47)33-39(32-37)36-51-27-12-30-54-48-24-9-18-42-15-3-6-21-45(42)48;3*3-1(4)2(5)6/h1-9,13-24,31-33,49-54H,10-12,25-30,34-36H2;3*(H,3,4)(H,5,6). The fourth-order valence-corrected chi connectivity index (χ4v) is 7.29. The molecule has 7 aromatic carbocycles. The van der Waals surface area contributed by atoms with Gasteiger partial charge in [0.1, 0.15) is 0 Å². The summed E-state index contributed by atoms with van der Waals surface area (Å²) in [6, 6.07) is 52.2. The highest BCUT2D eigenvalue weighted by Crippen LogP contribution is 2.25. The summed E-state index contributed by atoms with van der Waals surface area (Å²) in [5, 5.41) is 74.1. The van der Waals surface area contributed by atoms with Gasteiger partial charge in [-0.1, -0.05) is 127 Å². The minimum absolute atomic E-state index is 0.860. The van der Waals surface area contributed by atoms with Crippen LogP contribution in [-0.4, -0.2) is 106 Å². The number of carbonyl (C=O) groups is 6. The Morgan fingerprint density at radius 3 is 0.792 bits per heavy atom. The number of hydrogen-bond acceptors (Lipinski definition) is 12. The molecule has 0 atom stereocenters. The molecule has 18 nitrogen and oxygen atoms in total. The SMILES string of the molecule is O=C(O)C(=O)O.O=C(O)C(=O)O.O=C(O)C(=O)O.c1ccc2c(NCCCNCc3cc(CNCCCNc4cccc5ccccc45)cc(CNCCCNc4cccc5ccccc45)c3)cccc2c1. The monoisotopic (exact) mass is 984 g/mol. The molecule has 0 bridgehead atoms. The van der Waals surface area contributed by atoms with Gasteiger partial charge in [-0.25, -0.2) is 28.8 Å². The Bertz CT molecular complexity index is 2520. The predicted molar refractivity (Wildman–Crippen MR) is 279 cm³/mol. The maximum atomic E-state index is 9.10. The molecule has 18 heteroatoms. The third kappa shape index (κ3) is 20.2. The summed E-state index contributed by atoms with van der Waals surface area (Å²) in [6.45, 7) is 8.27. The number of anilines is 3. The van der Waals surface area contributed by atoms with Crippen molar-refractivity contribution in [3.63, 3.8) is 0 Å². The topological polar surface area (TPSA) is 296 Å². The molecule has 0 saturated carbocycles. The molecule has 0 heterocycles. The van der Waals surface area contributed by atoms with Crippen molar-refractivity contribution in [3.8, 4) is 0 Å². The van der Waals surface area contributed by atoms with E-state index in [-0.39, 0.29) is 0 Å². The van der Waals surface area contributed by atoms with Crippen LogP contribution in [0.25, 0.3) is 32.3 Å². The average Bonchev–Trinajstić information content (AvgIpc) is 3.37. The van der Waals surface area contributed by atoms with Crippen molar-refractivity contribution in [1.29, 1.82) is 0 Å². The normalized spacial score (nSPS) is 10.3. The summed E-state index contributed by atoms with van der Waals surface area (Å²) in [5.41, 5.74) is 7.63. The quantitative estimate of drug-likeness (QED) is 0.0247. The third-order valence-electron chi connectivity index (χ3n) is 10.6. The second-order valence-electron chi connectivity index (χ2n) is 15.9. The Balaban J connectivity index is 0.000000534. The molecule has 0 saturated heterocycles. The van der Waals surface area contributed by atoms with Gasteiger partial charge in [0.25, 0.3) is 0 Å². The van der Waals surface area contributed by atoms with Crippen LogP contribution >= 0.6 is 0 Å². The fraction of sp³-hybridized carbons (Fsp3) is 0.222. The van der Waals surface area contributed by atoms with Gasteiger partial charge in [0.15, 0.2) is 0 Å². The zero-order valence-electron chi connectivity index (χ0n) is 39.5. The third-order valence-corrected chi connectivity index (χ3v) is 10.6. The number of hydrogen-bond donors (Lipinski definition) is 12. The van der Waals surface area contributed by atoms with Crippen LogP contribution in [0.5, 0.6) is 0 Å². The van der Waals surface area contributed by atoms with Crippen molar-refractivity contribution in [2.45, 2.75) is 38.9 Å². The zero-order chi connectivity index (χ0) is 52.1. The molecule has 0 unspecified atom stereocenters. The Hall–Kier alpha value is -8.58. The Labute approximate surface area is 415 Å². The Morgan fingerprint density at radius 2 is 0.542 bits per heavy atom. The van der Waals surface area contributed by atoms with Crippen LogP contribution in [0, 0.1) is 0 Å². The molecule has 0 spiro atoms. The van der Waals surface area contributed by atoms with Gasteiger partial charge >= 0.3 is 35.8 Å². The summed E-state index contributed by atoms with van der Waals surface area (Å²) >= 11 is 0. The van der Waals surface area contributed by atoms with Gasteiger partial charge in [0, 0.05) is 72.5 Å². The van der Waals surface area contributed by atoms with Crippen molar-refractivity contribution in [1.82, 2.24) is 16.0 Å². The highest BCUT2D eigenvalue weighted by molar-refractivity contribution is 6.28. The molecule has 0 radical (unpaired) electrons. The van der Waals surface area contributed by atoms with Crippen LogP contribution in [0.1, 0.15) is 36.0 Å². The van der Waals surface area contributed by atoms with Crippen molar-refractivity contribution < 1.29 is 59.4 Å². The molecule has 0 fully saturated rings. The van der Waals surface area contributed by atoms with Gasteiger partial charge in [0.05, 0.1) is 0 Å². The largest absolute Gasteiger partial charge is 0.473 e. The van der Waals surface area contributed by atoms with Gasteiger partial charge in [-0.2, -0.15) is 0 Å². The lowest BCUT2D eigenvalue weighted by Crippen LogP contribution is -2.21. The molecule has 0 aliphatic heterocycles. The van der Waals surface area contributed by atoms with E-state index in [0.29, 0.717) is 0 Å². The summed E-state index contributed by atoms with van der Waals surface area (Å²) in [7, 11) is 0. The first kappa shape index (κ1) is 56.0. The van der Waals surface area contributed by atoms with E-state index in [9.17, 15) is 0 Å². The number of aliphatic carboxylic acids is 6. The van der Waals surface area contributed by atoms with Crippen molar-refractivity contribution in [2.24, 2.45) is 0 Å². The Kier molecular flexibility index (Phi) is 24.0. The zero-order valence-corrected chi connectivity index (χ0v) is 39.5. The van der Waals surface area contributed by atoms with Gasteiger partial charge < -0.3 is 62.5 Å². The highest BCUT2D eigenvalue weighted by Gasteiger charge is 2.07. The van der Waals surface area contributed by atoms with Crippen LogP contribution in [0.2, 0.25) is 0 Å². The van der Waals surface area contributed by atoms with Gasteiger partial charge in [-0.3, -0.25) is 0 Å². The summed E-state index contributed by atoms with van der Waals surface area (Å²) in [5.74, 6) is -10.9.